The number of carbonyl (C=O) groups is 1. The van der Waals surface area contributed by atoms with Gasteiger partial charge in [0, 0.05) is 36.7 Å². The van der Waals surface area contributed by atoms with Crippen molar-refractivity contribution >= 4 is 16.9 Å². The van der Waals surface area contributed by atoms with E-state index in [0.717, 1.165) is 10.9 Å². The Morgan fingerprint density at radius 2 is 2.10 bits per heavy atom. The minimum atomic E-state index is -0.188. The van der Waals surface area contributed by atoms with Crippen LogP contribution in [-0.4, -0.2) is 25.8 Å². The second-order valence-electron chi connectivity index (χ2n) is 4.20. The molecule has 0 aromatic carbocycles. The maximum Gasteiger partial charge on any atom is 0.253 e. The lowest BCUT2D eigenvalue weighted by molar-refractivity contribution is 0.0950. The summed E-state index contributed by atoms with van der Waals surface area (Å²) >= 11 is 0. The quantitative estimate of drug-likeness (QED) is 0.773. The minimum Gasteiger partial charge on any atom is -0.348 e. The Morgan fingerprint density at radius 3 is 2.95 bits per heavy atom. The highest BCUT2D eigenvalue weighted by molar-refractivity contribution is 5.96. The van der Waals surface area contributed by atoms with Crippen molar-refractivity contribution in [1.82, 2.24) is 25.3 Å². The molecule has 0 bridgehead atoms. The fourth-order valence-electron chi connectivity index (χ4n) is 1.79. The number of rotatable bonds is 3. The first kappa shape index (κ1) is 12.2. The predicted octanol–water partition coefficient (Wildman–Crippen LogP) is 1.35. The molecule has 0 fully saturated rings. The van der Waals surface area contributed by atoms with Crippen LogP contribution in [0.4, 0.5) is 0 Å². The largest absolute Gasteiger partial charge is 0.348 e. The molecule has 0 saturated heterocycles. The number of hydrogen-bond acceptors (Lipinski definition) is 5. The minimum absolute atomic E-state index is 0.188. The number of carbonyl (C=O) groups excluding carboxylic acids is 1. The summed E-state index contributed by atoms with van der Waals surface area (Å²) in [5.41, 5.74) is 2.00. The molecule has 0 aliphatic rings. The van der Waals surface area contributed by atoms with Crippen LogP contribution in [0.5, 0.6) is 0 Å². The lowest BCUT2D eigenvalue weighted by Gasteiger charge is -2.05. The van der Waals surface area contributed by atoms with E-state index in [4.69, 9.17) is 0 Å². The Kier molecular flexibility index (Phi) is 3.28. The fraction of sp³-hybridized carbons (Fsp3) is 0.0714. The van der Waals surface area contributed by atoms with Gasteiger partial charge in [0.15, 0.2) is 5.65 Å². The van der Waals surface area contributed by atoms with Crippen LogP contribution >= 0.6 is 0 Å². The van der Waals surface area contributed by atoms with Crippen molar-refractivity contribution in [1.29, 1.82) is 0 Å². The molecule has 0 radical (unpaired) electrons. The van der Waals surface area contributed by atoms with E-state index in [1.807, 2.05) is 12.1 Å². The summed E-state index contributed by atoms with van der Waals surface area (Å²) in [6, 6.07) is 5.46. The Hall–Kier alpha value is -2.89. The summed E-state index contributed by atoms with van der Waals surface area (Å²) in [5, 5.41) is 3.56. The van der Waals surface area contributed by atoms with Crippen LogP contribution in [0.25, 0.3) is 11.0 Å². The highest BCUT2D eigenvalue weighted by Gasteiger charge is 2.07. The van der Waals surface area contributed by atoms with Gasteiger partial charge in [-0.2, -0.15) is 0 Å². The van der Waals surface area contributed by atoms with Gasteiger partial charge in [-0.3, -0.25) is 9.78 Å². The van der Waals surface area contributed by atoms with E-state index >= 15 is 0 Å². The monoisotopic (exact) mass is 265 g/mol. The molecule has 20 heavy (non-hydrogen) atoms. The van der Waals surface area contributed by atoms with Gasteiger partial charge >= 0.3 is 0 Å². The zero-order valence-corrected chi connectivity index (χ0v) is 10.5. The molecule has 3 heterocycles. The maximum absolute atomic E-state index is 12.0. The first-order valence-corrected chi connectivity index (χ1v) is 6.06. The fourth-order valence-corrected chi connectivity index (χ4v) is 1.79. The number of amides is 1. The Morgan fingerprint density at radius 1 is 1.15 bits per heavy atom. The highest BCUT2D eigenvalue weighted by atomic mass is 16.1. The normalized spacial score (nSPS) is 10.4. The molecule has 0 spiro atoms. The SMILES string of the molecule is O=C(NCc1cccnc1)c1cnc2ncncc2c1. The third kappa shape index (κ3) is 2.59. The topological polar surface area (TPSA) is 80.7 Å². The molecule has 0 atom stereocenters. The third-order valence-electron chi connectivity index (χ3n) is 2.79. The molecule has 3 aromatic rings. The van der Waals surface area contributed by atoms with Crippen LogP contribution in [0.3, 0.4) is 0 Å². The summed E-state index contributed by atoms with van der Waals surface area (Å²) in [7, 11) is 0. The molecular weight excluding hydrogens is 254 g/mol. The second-order valence-corrected chi connectivity index (χ2v) is 4.20. The highest BCUT2D eigenvalue weighted by Crippen LogP contribution is 2.09. The summed E-state index contributed by atoms with van der Waals surface area (Å²) in [6.07, 6.45) is 7.98. The summed E-state index contributed by atoms with van der Waals surface area (Å²) in [4.78, 5) is 28.1. The van der Waals surface area contributed by atoms with Crippen LogP contribution in [-0.2, 0) is 6.54 Å². The Balaban J connectivity index is 1.75. The summed E-state index contributed by atoms with van der Waals surface area (Å²) in [6.45, 7) is 0.427. The zero-order valence-electron chi connectivity index (χ0n) is 10.5. The number of hydrogen-bond donors (Lipinski definition) is 1. The predicted molar refractivity (Wildman–Crippen MR) is 72.7 cm³/mol. The van der Waals surface area contributed by atoms with Gasteiger partial charge in [0.1, 0.15) is 6.33 Å². The van der Waals surface area contributed by atoms with Gasteiger partial charge in [0.05, 0.1) is 5.56 Å². The van der Waals surface area contributed by atoms with Crippen molar-refractivity contribution in [3.05, 3.63) is 60.4 Å². The summed E-state index contributed by atoms with van der Waals surface area (Å²) in [5.74, 6) is -0.188. The molecule has 1 N–H and O–H groups in total. The average molecular weight is 265 g/mol. The number of nitrogens with one attached hydrogen (secondary N) is 1. The summed E-state index contributed by atoms with van der Waals surface area (Å²) < 4.78 is 0. The molecule has 6 nitrogen and oxygen atoms in total. The molecule has 0 unspecified atom stereocenters. The van der Waals surface area contributed by atoms with Gasteiger partial charge in [-0.1, -0.05) is 6.07 Å². The van der Waals surface area contributed by atoms with E-state index in [9.17, 15) is 4.79 Å². The number of pyridine rings is 2. The molecule has 0 saturated carbocycles. The first-order valence-electron chi connectivity index (χ1n) is 6.06. The molecular formula is C14H11N5O. The molecule has 6 heteroatoms. The lowest BCUT2D eigenvalue weighted by Crippen LogP contribution is -2.23. The van der Waals surface area contributed by atoms with Crippen LogP contribution in [0.1, 0.15) is 15.9 Å². The van der Waals surface area contributed by atoms with Crippen molar-refractivity contribution in [2.75, 3.05) is 0 Å². The van der Waals surface area contributed by atoms with Crippen molar-refractivity contribution in [3.8, 4) is 0 Å². The smallest absolute Gasteiger partial charge is 0.253 e. The lowest BCUT2D eigenvalue weighted by atomic mass is 10.2. The van der Waals surface area contributed by atoms with E-state index in [1.165, 1.54) is 12.5 Å². The first-order chi connectivity index (χ1) is 9.83. The van der Waals surface area contributed by atoms with Crippen molar-refractivity contribution < 1.29 is 4.79 Å². The number of aromatic nitrogens is 4. The molecule has 3 aromatic heterocycles. The zero-order chi connectivity index (χ0) is 13.8. The van der Waals surface area contributed by atoms with E-state index in [2.05, 4.69) is 25.3 Å². The van der Waals surface area contributed by atoms with Gasteiger partial charge in [-0.15, -0.1) is 0 Å². The van der Waals surface area contributed by atoms with Gasteiger partial charge < -0.3 is 5.32 Å². The van der Waals surface area contributed by atoms with Crippen molar-refractivity contribution in [3.63, 3.8) is 0 Å². The van der Waals surface area contributed by atoms with Gasteiger partial charge in [0.2, 0.25) is 0 Å². The second kappa shape index (κ2) is 5.40. The molecule has 98 valence electrons. The standard InChI is InChI=1S/C14H11N5O/c20-14(18-6-10-2-1-3-15-5-10)12-4-11-7-16-9-19-13(11)17-8-12/h1-5,7-9H,6H2,(H,18,20). The number of nitrogens with zero attached hydrogens (tertiary/aromatic N) is 4. The maximum atomic E-state index is 12.0. The van der Waals surface area contributed by atoms with E-state index in [0.29, 0.717) is 17.8 Å². The molecule has 1 amide bonds. The van der Waals surface area contributed by atoms with Crippen molar-refractivity contribution in [2.24, 2.45) is 0 Å². The van der Waals surface area contributed by atoms with Crippen LogP contribution in [0, 0.1) is 0 Å². The van der Waals surface area contributed by atoms with E-state index in [-0.39, 0.29) is 5.91 Å². The van der Waals surface area contributed by atoms with E-state index < -0.39 is 0 Å². The Labute approximate surface area is 114 Å². The van der Waals surface area contributed by atoms with E-state index in [1.54, 1.807) is 24.7 Å². The van der Waals surface area contributed by atoms with Gasteiger partial charge in [-0.25, -0.2) is 15.0 Å². The van der Waals surface area contributed by atoms with Crippen LogP contribution < -0.4 is 5.32 Å². The van der Waals surface area contributed by atoms with Crippen LogP contribution in [0.15, 0.2) is 49.3 Å². The van der Waals surface area contributed by atoms with Crippen molar-refractivity contribution in [2.45, 2.75) is 6.54 Å². The number of fused-ring (bicyclic) bond motifs is 1. The average Bonchev–Trinajstić information content (AvgIpc) is 2.53. The molecule has 0 aliphatic carbocycles. The molecule has 3 rings (SSSR count). The van der Waals surface area contributed by atoms with Crippen LogP contribution in [0.2, 0.25) is 0 Å². The third-order valence-corrected chi connectivity index (χ3v) is 2.79. The Bertz CT molecular complexity index is 745. The van der Waals surface area contributed by atoms with Gasteiger partial charge in [0.25, 0.3) is 5.91 Å². The van der Waals surface area contributed by atoms with Gasteiger partial charge in [-0.05, 0) is 17.7 Å². The molecule has 0 aliphatic heterocycles.